The fourth-order valence-electron chi connectivity index (χ4n) is 4.19. The average Bonchev–Trinajstić information content (AvgIpc) is 3.12. The average molecular weight is 287 g/mol. The van der Waals surface area contributed by atoms with E-state index < -0.39 is 6.04 Å². The van der Waals surface area contributed by atoms with E-state index in [0.29, 0.717) is 11.8 Å². The zero-order chi connectivity index (χ0) is 14.7. The molecular weight excluding hydrogens is 266 g/mol. The third-order valence-electron chi connectivity index (χ3n) is 5.49. The lowest BCUT2D eigenvalue weighted by molar-refractivity contribution is -0.118. The van der Waals surface area contributed by atoms with Crippen LogP contribution in [0.25, 0.3) is 0 Å². The number of anilines is 2. The number of likely N-dealkylation sites (N-methyl/N-ethyl adjacent to an activating group) is 1. The van der Waals surface area contributed by atoms with Gasteiger partial charge < -0.3 is 20.6 Å². The highest BCUT2D eigenvalue weighted by molar-refractivity contribution is 6.04. The molecule has 1 aliphatic carbocycles. The van der Waals surface area contributed by atoms with Gasteiger partial charge in [-0.25, -0.2) is 0 Å². The number of benzene rings is 1. The predicted molar refractivity (Wildman–Crippen MR) is 81.2 cm³/mol. The van der Waals surface area contributed by atoms with Gasteiger partial charge in [0.05, 0.1) is 11.8 Å². The minimum Gasteiger partial charge on any atom is -0.393 e. The normalized spacial score (nSPS) is 34.5. The molecule has 0 aromatic heterocycles. The quantitative estimate of drug-likeness (QED) is 0.804. The molecule has 21 heavy (non-hydrogen) atoms. The Morgan fingerprint density at radius 3 is 2.86 bits per heavy atom. The summed E-state index contributed by atoms with van der Waals surface area (Å²) in [5, 5.41) is 10.0. The van der Waals surface area contributed by atoms with Crippen molar-refractivity contribution in [3.8, 4) is 0 Å². The van der Waals surface area contributed by atoms with E-state index in [-0.39, 0.29) is 12.0 Å². The lowest BCUT2D eigenvalue weighted by Crippen LogP contribution is -2.28. The Morgan fingerprint density at radius 1 is 1.29 bits per heavy atom. The van der Waals surface area contributed by atoms with Crippen LogP contribution in [0.4, 0.5) is 11.4 Å². The standard InChI is InChI=1S/C16H21N3O2/c1-18-13-6-10(3-4-11(13)15(17)16(18)21)19-7-9-2-5-14(20)12(9)8-19/h3-4,6,9,12,14-15,20H,2,5,7-8,17H2,1H3. The molecular formula is C16H21N3O2. The van der Waals surface area contributed by atoms with E-state index in [1.807, 2.05) is 6.07 Å². The van der Waals surface area contributed by atoms with E-state index in [9.17, 15) is 9.90 Å². The third kappa shape index (κ3) is 1.80. The van der Waals surface area contributed by atoms with Crippen molar-refractivity contribution < 1.29 is 9.90 Å². The van der Waals surface area contributed by atoms with Crippen molar-refractivity contribution >= 4 is 17.3 Å². The van der Waals surface area contributed by atoms with Crippen LogP contribution in [0.2, 0.25) is 0 Å². The third-order valence-corrected chi connectivity index (χ3v) is 5.49. The molecule has 2 fully saturated rings. The Bertz CT molecular complexity index is 603. The van der Waals surface area contributed by atoms with Gasteiger partial charge in [0, 0.05) is 37.3 Å². The van der Waals surface area contributed by atoms with Crippen LogP contribution in [0.1, 0.15) is 24.4 Å². The van der Waals surface area contributed by atoms with E-state index in [4.69, 9.17) is 5.73 Å². The summed E-state index contributed by atoms with van der Waals surface area (Å²) in [5.41, 5.74) is 8.89. The zero-order valence-corrected chi connectivity index (χ0v) is 12.2. The van der Waals surface area contributed by atoms with Crippen molar-refractivity contribution in [2.45, 2.75) is 25.0 Å². The summed E-state index contributed by atoms with van der Waals surface area (Å²) in [6.45, 7) is 1.92. The first-order valence-electron chi connectivity index (χ1n) is 7.66. The highest BCUT2D eigenvalue weighted by Crippen LogP contribution is 2.42. The van der Waals surface area contributed by atoms with Gasteiger partial charge in [-0.3, -0.25) is 4.79 Å². The van der Waals surface area contributed by atoms with Crippen LogP contribution in [0.5, 0.6) is 0 Å². The van der Waals surface area contributed by atoms with Crippen molar-refractivity contribution in [3.05, 3.63) is 23.8 Å². The maximum atomic E-state index is 12.0. The Balaban J connectivity index is 1.62. The molecule has 1 aromatic rings. The lowest BCUT2D eigenvalue weighted by Gasteiger charge is -2.22. The molecule has 5 nitrogen and oxygen atoms in total. The van der Waals surface area contributed by atoms with E-state index in [1.165, 1.54) is 0 Å². The fourth-order valence-corrected chi connectivity index (χ4v) is 4.19. The summed E-state index contributed by atoms with van der Waals surface area (Å²) in [7, 11) is 1.78. The van der Waals surface area contributed by atoms with E-state index in [0.717, 1.165) is 42.9 Å². The van der Waals surface area contributed by atoms with Crippen LogP contribution in [-0.4, -0.2) is 37.3 Å². The summed E-state index contributed by atoms with van der Waals surface area (Å²) in [6.07, 6.45) is 1.92. The number of hydrogen-bond acceptors (Lipinski definition) is 4. The van der Waals surface area contributed by atoms with Gasteiger partial charge >= 0.3 is 0 Å². The van der Waals surface area contributed by atoms with E-state index in [2.05, 4.69) is 17.0 Å². The fraction of sp³-hybridized carbons (Fsp3) is 0.562. The first-order valence-corrected chi connectivity index (χ1v) is 7.66. The van der Waals surface area contributed by atoms with Crippen molar-refractivity contribution in [3.63, 3.8) is 0 Å². The van der Waals surface area contributed by atoms with Gasteiger partial charge in [-0.1, -0.05) is 6.07 Å². The number of hydrogen-bond donors (Lipinski definition) is 2. The number of amides is 1. The molecule has 1 aromatic carbocycles. The molecule has 4 rings (SSSR count). The van der Waals surface area contributed by atoms with Crippen molar-refractivity contribution in [1.82, 2.24) is 0 Å². The summed E-state index contributed by atoms with van der Waals surface area (Å²) < 4.78 is 0. The predicted octanol–water partition coefficient (Wildman–Crippen LogP) is 0.870. The molecule has 0 bridgehead atoms. The Kier molecular flexibility index (Phi) is 2.78. The van der Waals surface area contributed by atoms with Crippen molar-refractivity contribution in [1.29, 1.82) is 0 Å². The van der Waals surface area contributed by atoms with Crippen molar-refractivity contribution in [2.24, 2.45) is 17.6 Å². The van der Waals surface area contributed by atoms with Gasteiger partial charge in [-0.2, -0.15) is 0 Å². The van der Waals surface area contributed by atoms with Gasteiger partial charge in [-0.05, 0) is 30.9 Å². The highest BCUT2D eigenvalue weighted by Gasteiger charge is 2.42. The van der Waals surface area contributed by atoms with Crippen LogP contribution in [-0.2, 0) is 4.79 Å². The number of nitrogens with two attached hydrogens (primary N) is 1. The number of nitrogens with zero attached hydrogens (tertiary/aromatic N) is 2. The molecule has 2 aliphatic heterocycles. The summed E-state index contributed by atoms with van der Waals surface area (Å²) in [4.78, 5) is 15.9. The smallest absolute Gasteiger partial charge is 0.248 e. The number of carbonyl (C=O) groups is 1. The molecule has 0 radical (unpaired) electrons. The number of rotatable bonds is 1. The summed E-state index contributed by atoms with van der Waals surface area (Å²) in [6, 6.07) is 5.56. The zero-order valence-electron chi connectivity index (χ0n) is 12.2. The topological polar surface area (TPSA) is 69.8 Å². The molecule has 4 unspecified atom stereocenters. The molecule has 0 spiro atoms. The first kappa shape index (κ1) is 13.1. The second-order valence-corrected chi connectivity index (χ2v) is 6.59. The molecule has 112 valence electrons. The summed E-state index contributed by atoms with van der Waals surface area (Å²) in [5.74, 6) is 0.964. The second-order valence-electron chi connectivity index (χ2n) is 6.59. The van der Waals surface area contributed by atoms with Gasteiger partial charge in [0.1, 0.15) is 6.04 Å². The Hall–Kier alpha value is -1.59. The molecule has 1 amide bonds. The van der Waals surface area contributed by atoms with Crippen LogP contribution in [0, 0.1) is 11.8 Å². The molecule has 2 heterocycles. The lowest BCUT2D eigenvalue weighted by atomic mass is 10.00. The molecule has 5 heteroatoms. The second kappa shape index (κ2) is 4.45. The maximum Gasteiger partial charge on any atom is 0.248 e. The maximum absolute atomic E-state index is 12.0. The van der Waals surface area contributed by atoms with Crippen LogP contribution in [0.15, 0.2) is 18.2 Å². The minimum atomic E-state index is -0.529. The summed E-state index contributed by atoms with van der Waals surface area (Å²) >= 11 is 0. The monoisotopic (exact) mass is 287 g/mol. The first-order chi connectivity index (χ1) is 10.1. The van der Waals surface area contributed by atoms with Crippen LogP contribution < -0.4 is 15.5 Å². The van der Waals surface area contributed by atoms with Gasteiger partial charge in [0.25, 0.3) is 0 Å². The molecule has 1 saturated carbocycles. The van der Waals surface area contributed by atoms with Gasteiger partial charge in [-0.15, -0.1) is 0 Å². The van der Waals surface area contributed by atoms with Crippen molar-refractivity contribution in [2.75, 3.05) is 29.9 Å². The molecule has 4 atom stereocenters. The molecule has 1 saturated heterocycles. The Labute approximate surface area is 124 Å². The number of aliphatic hydroxyl groups is 1. The molecule has 3 aliphatic rings. The Morgan fingerprint density at radius 2 is 2.10 bits per heavy atom. The van der Waals surface area contributed by atoms with Crippen LogP contribution in [0.3, 0.4) is 0 Å². The number of fused-ring (bicyclic) bond motifs is 2. The van der Waals surface area contributed by atoms with Gasteiger partial charge in [0.2, 0.25) is 5.91 Å². The van der Waals surface area contributed by atoms with E-state index in [1.54, 1.807) is 11.9 Å². The molecule has 3 N–H and O–H groups in total. The van der Waals surface area contributed by atoms with Gasteiger partial charge in [0.15, 0.2) is 0 Å². The minimum absolute atomic E-state index is 0.0455. The van der Waals surface area contributed by atoms with E-state index >= 15 is 0 Å². The number of aliphatic hydroxyl groups excluding tert-OH is 1. The SMILES string of the molecule is CN1C(=O)C(N)c2ccc(N3CC4CCC(O)C4C3)cc21. The number of carbonyl (C=O) groups excluding carboxylic acids is 1. The highest BCUT2D eigenvalue weighted by atomic mass is 16.3. The van der Waals surface area contributed by atoms with Crippen LogP contribution >= 0.6 is 0 Å². The largest absolute Gasteiger partial charge is 0.393 e.